The van der Waals surface area contributed by atoms with Gasteiger partial charge in [0.15, 0.2) is 5.84 Å². The summed E-state index contributed by atoms with van der Waals surface area (Å²) in [7, 11) is 0. The second-order valence-corrected chi connectivity index (χ2v) is 7.09. The number of halogens is 1. The Morgan fingerprint density at radius 1 is 1.14 bits per heavy atom. The number of hydrogen-bond donors (Lipinski definition) is 4. The van der Waals surface area contributed by atoms with Gasteiger partial charge in [-0.3, -0.25) is 0 Å². The fourth-order valence-electron chi connectivity index (χ4n) is 3.72. The van der Waals surface area contributed by atoms with E-state index in [4.69, 9.17) is 9.73 Å². The second-order valence-electron chi connectivity index (χ2n) is 7.09. The molecule has 0 aliphatic carbocycles. The van der Waals surface area contributed by atoms with Crippen LogP contribution in [-0.4, -0.2) is 30.5 Å². The number of rotatable bonds is 4. The standard InChI is InChI=1S/C22H22FN5O/c23-16-7-5-14(6-8-16)20-27-21(19-22(28-20)25-11-12-29-19)24-10-9-15-13-26-18-4-2-1-3-17(15)18/h1-8,13,20,25-26,28H,9-12H2,(H,24,27). The maximum Gasteiger partial charge on any atom is 0.201 e. The van der Waals surface area contributed by atoms with Gasteiger partial charge in [0.05, 0.1) is 6.54 Å². The number of ether oxygens (including phenoxy) is 1. The van der Waals surface area contributed by atoms with Gasteiger partial charge in [-0.15, -0.1) is 0 Å². The summed E-state index contributed by atoms with van der Waals surface area (Å²) in [5.41, 5.74) is 3.29. The molecule has 29 heavy (non-hydrogen) atoms. The number of nitrogens with one attached hydrogen (secondary N) is 4. The van der Waals surface area contributed by atoms with E-state index in [0.717, 1.165) is 36.4 Å². The summed E-state index contributed by atoms with van der Waals surface area (Å²) < 4.78 is 19.1. The average molecular weight is 391 g/mol. The molecule has 1 atom stereocenters. The molecule has 3 heterocycles. The van der Waals surface area contributed by atoms with Crippen LogP contribution in [0.25, 0.3) is 10.9 Å². The van der Waals surface area contributed by atoms with Crippen LogP contribution in [0.5, 0.6) is 0 Å². The van der Waals surface area contributed by atoms with Crippen LogP contribution in [0.1, 0.15) is 17.3 Å². The quantitative estimate of drug-likeness (QED) is 0.552. The van der Waals surface area contributed by atoms with Crippen molar-refractivity contribution in [1.29, 1.82) is 0 Å². The molecule has 0 radical (unpaired) electrons. The maximum atomic E-state index is 13.3. The number of fused-ring (bicyclic) bond motifs is 1. The fourth-order valence-corrected chi connectivity index (χ4v) is 3.72. The van der Waals surface area contributed by atoms with E-state index >= 15 is 0 Å². The van der Waals surface area contributed by atoms with E-state index in [-0.39, 0.29) is 12.0 Å². The lowest BCUT2D eigenvalue weighted by Gasteiger charge is -2.31. The molecule has 2 aliphatic rings. The lowest BCUT2D eigenvalue weighted by Crippen LogP contribution is -2.45. The highest BCUT2D eigenvalue weighted by Gasteiger charge is 2.27. The van der Waals surface area contributed by atoms with Gasteiger partial charge in [-0.2, -0.15) is 0 Å². The first-order valence-corrected chi connectivity index (χ1v) is 9.78. The van der Waals surface area contributed by atoms with Crippen LogP contribution in [0.2, 0.25) is 0 Å². The first-order valence-electron chi connectivity index (χ1n) is 9.78. The first kappa shape index (κ1) is 17.6. The number of amidine groups is 1. The Morgan fingerprint density at radius 2 is 2.00 bits per heavy atom. The summed E-state index contributed by atoms with van der Waals surface area (Å²) >= 11 is 0. The van der Waals surface area contributed by atoms with Crippen molar-refractivity contribution in [1.82, 2.24) is 20.9 Å². The normalized spacial score (nSPS) is 18.4. The number of aromatic nitrogens is 1. The molecule has 0 spiro atoms. The van der Waals surface area contributed by atoms with Gasteiger partial charge in [0.2, 0.25) is 5.76 Å². The molecule has 0 bridgehead atoms. The molecule has 0 saturated carbocycles. The highest BCUT2D eigenvalue weighted by molar-refractivity contribution is 5.98. The molecule has 5 rings (SSSR count). The van der Waals surface area contributed by atoms with E-state index in [2.05, 4.69) is 45.3 Å². The zero-order chi connectivity index (χ0) is 19.6. The zero-order valence-corrected chi connectivity index (χ0v) is 15.8. The van der Waals surface area contributed by atoms with Crippen molar-refractivity contribution in [2.24, 2.45) is 4.99 Å². The molecule has 6 nitrogen and oxygen atoms in total. The van der Waals surface area contributed by atoms with E-state index in [1.54, 1.807) is 12.1 Å². The Kier molecular flexibility index (Phi) is 4.56. The van der Waals surface area contributed by atoms with Gasteiger partial charge in [-0.05, 0) is 35.7 Å². The lowest BCUT2D eigenvalue weighted by atomic mass is 10.1. The molecule has 1 unspecified atom stereocenters. The van der Waals surface area contributed by atoms with E-state index in [0.29, 0.717) is 18.2 Å². The molecule has 2 aliphatic heterocycles. The van der Waals surface area contributed by atoms with Crippen molar-refractivity contribution in [3.8, 4) is 0 Å². The Morgan fingerprint density at radius 3 is 2.90 bits per heavy atom. The molecule has 4 N–H and O–H groups in total. The van der Waals surface area contributed by atoms with Crippen molar-refractivity contribution in [2.75, 3.05) is 19.7 Å². The van der Waals surface area contributed by atoms with Crippen molar-refractivity contribution >= 4 is 16.7 Å². The van der Waals surface area contributed by atoms with Gasteiger partial charge >= 0.3 is 0 Å². The Balaban J connectivity index is 1.35. The summed E-state index contributed by atoms with van der Waals surface area (Å²) in [6.45, 7) is 2.03. The lowest BCUT2D eigenvalue weighted by molar-refractivity contribution is 0.198. The van der Waals surface area contributed by atoms with Crippen LogP contribution in [0, 0.1) is 5.82 Å². The minimum atomic E-state index is -0.306. The number of nitrogens with zero attached hydrogens (tertiary/aromatic N) is 1. The van der Waals surface area contributed by atoms with Crippen molar-refractivity contribution < 1.29 is 9.13 Å². The number of hydrogen-bond acceptors (Lipinski definition) is 5. The molecule has 1 aromatic heterocycles. The topological polar surface area (TPSA) is 73.5 Å². The van der Waals surface area contributed by atoms with Crippen molar-refractivity contribution in [2.45, 2.75) is 12.6 Å². The first-order chi connectivity index (χ1) is 14.3. The van der Waals surface area contributed by atoms with Gasteiger partial charge in [0, 0.05) is 23.6 Å². The number of para-hydroxylation sites is 1. The van der Waals surface area contributed by atoms with Gasteiger partial charge in [-0.25, -0.2) is 9.38 Å². The van der Waals surface area contributed by atoms with Crippen LogP contribution in [0.15, 0.2) is 71.3 Å². The zero-order valence-electron chi connectivity index (χ0n) is 15.8. The van der Waals surface area contributed by atoms with Gasteiger partial charge in [-0.1, -0.05) is 30.3 Å². The van der Waals surface area contributed by atoms with Gasteiger partial charge < -0.3 is 25.7 Å². The second kappa shape index (κ2) is 7.50. The number of benzene rings is 2. The molecular formula is C22H22FN5O. The third-order valence-corrected chi connectivity index (χ3v) is 5.18. The third kappa shape index (κ3) is 3.51. The monoisotopic (exact) mass is 391 g/mol. The van der Waals surface area contributed by atoms with E-state index in [9.17, 15) is 4.39 Å². The minimum absolute atomic E-state index is 0.260. The Bertz CT molecular complexity index is 1090. The van der Waals surface area contributed by atoms with Crippen LogP contribution < -0.4 is 16.0 Å². The van der Waals surface area contributed by atoms with Crippen LogP contribution in [0.4, 0.5) is 4.39 Å². The number of aromatic amines is 1. The molecule has 3 aromatic rings. The highest BCUT2D eigenvalue weighted by atomic mass is 19.1. The smallest absolute Gasteiger partial charge is 0.201 e. The highest BCUT2D eigenvalue weighted by Crippen LogP contribution is 2.24. The van der Waals surface area contributed by atoms with Crippen molar-refractivity contribution in [3.63, 3.8) is 0 Å². The fraction of sp³-hybridized carbons (Fsp3) is 0.227. The van der Waals surface area contributed by atoms with Gasteiger partial charge in [0.1, 0.15) is 24.4 Å². The van der Waals surface area contributed by atoms with Gasteiger partial charge in [0.25, 0.3) is 0 Å². The van der Waals surface area contributed by atoms with Crippen LogP contribution >= 0.6 is 0 Å². The predicted octanol–water partition coefficient (Wildman–Crippen LogP) is 2.93. The predicted molar refractivity (Wildman–Crippen MR) is 111 cm³/mol. The molecule has 148 valence electrons. The molecular weight excluding hydrogens is 369 g/mol. The summed E-state index contributed by atoms with van der Waals surface area (Å²) in [5, 5.41) is 11.3. The summed E-state index contributed by atoms with van der Waals surface area (Å²) in [6, 6.07) is 14.7. The van der Waals surface area contributed by atoms with E-state index in [1.807, 2.05) is 6.07 Å². The molecule has 0 amide bonds. The average Bonchev–Trinajstić information content (AvgIpc) is 3.17. The van der Waals surface area contributed by atoms with Crippen LogP contribution in [-0.2, 0) is 11.2 Å². The maximum absolute atomic E-state index is 13.3. The van der Waals surface area contributed by atoms with E-state index in [1.165, 1.54) is 23.1 Å². The Hall–Kier alpha value is -3.48. The third-order valence-electron chi connectivity index (χ3n) is 5.18. The molecule has 0 fully saturated rings. The van der Waals surface area contributed by atoms with Crippen LogP contribution in [0.3, 0.4) is 0 Å². The molecule has 2 aromatic carbocycles. The van der Waals surface area contributed by atoms with Crippen molar-refractivity contribution in [3.05, 3.63) is 83.3 Å². The minimum Gasteiger partial charge on any atom is -0.485 e. The number of aliphatic imine (C=N–C) groups is 1. The number of H-pyrrole nitrogens is 1. The SMILES string of the molecule is Fc1ccc(C2N=C(NCCc3c[nH]c4ccccc34)C3=C(NCCO3)N2)cc1. The summed E-state index contributed by atoms with van der Waals surface area (Å²) in [4.78, 5) is 8.10. The molecule has 0 saturated heterocycles. The summed E-state index contributed by atoms with van der Waals surface area (Å²) in [5.74, 6) is 1.97. The largest absolute Gasteiger partial charge is 0.485 e. The summed E-state index contributed by atoms with van der Waals surface area (Å²) in [6.07, 6.45) is 2.61. The Labute approximate surface area is 167 Å². The van der Waals surface area contributed by atoms with E-state index < -0.39 is 0 Å². The molecule has 7 heteroatoms.